The molecule has 0 aliphatic rings. The van der Waals surface area contributed by atoms with Gasteiger partial charge in [-0.2, -0.15) is 0 Å². The number of hydrogen-bond donors (Lipinski definition) is 1. The Balaban J connectivity index is 2.09. The molecule has 0 amide bonds. The van der Waals surface area contributed by atoms with Crippen LogP contribution in [0, 0.1) is 5.82 Å². The molecule has 2 heterocycles. The Morgan fingerprint density at radius 2 is 1.80 bits per heavy atom. The van der Waals surface area contributed by atoms with E-state index in [0.29, 0.717) is 27.5 Å². The van der Waals surface area contributed by atoms with Gasteiger partial charge in [0.15, 0.2) is 0 Å². The lowest BCUT2D eigenvalue weighted by atomic mass is 9.97. The van der Waals surface area contributed by atoms with Crippen LogP contribution in [0.4, 0.5) is 4.39 Å². The monoisotopic (exact) mass is 329 g/mol. The molecule has 0 saturated heterocycles. The van der Waals surface area contributed by atoms with E-state index in [2.05, 4.69) is 4.98 Å². The van der Waals surface area contributed by atoms with Crippen LogP contribution >= 0.6 is 0 Å². The van der Waals surface area contributed by atoms with E-state index in [1.807, 2.05) is 30.3 Å². The summed E-state index contributed by atoms with van der Waals surface area (Å²) >= 11 is 0. The summed E-state index contributed by atoms with van der Waals surface area (Å²) in [4.78, 5) is 4.22. The van der Waals surface area contributed by atoms with Gasteiger partial charge in [0.05, 0.1) is 5.39 Å². The summed E-state index contributed by atoms with van der Waals surface area (Å²) in [5.74, 6) is -0.312. The van der Waals surface area contributed by atoms with Gasteiger partial charge in [0, 0.05) is 22.5 Å². The maximum atomic E-state index is 14.5. The zero-order chi connectivity index (χ0) is 17.0. The molecule has 0 spiro atoms. The maximum Gasteiger partial charge on any atom is 0.149 e. The predicted molar refractivity (Wildman–Crippen MR) is 96.1 cm³/mol. The Morgan fingerprint density at radius 1 is 0.920 bits per heavy atom. The van der Waals surface area contributed by atoms with Crippen molar-refractivity contribution in [1.29, 1.82) is 0 Å². The first-order valence-corrected chi connectivity index (χ1v) is 7.91. The topological polar surface area (TPSA) is 46.3 Å². The molecule has 0 atom stereocenters. The van der Waals surface area contributed by atoms with Crippen LogP contribution in [0.5, 0.6) is 5.75 Å². The minimum Gasteiger partial charge on any atom is -0.507 e. The van der Waals surface area contributed by atoms with Crippen molar-refractivity contribution in [3.63, 3.8) is 0 Å². The minimum atomic E-state index is -0.413. The van der Waals surface area contributed by atoms with Crippen molar-refractivity contribution >= 4 is 32.7 Å². The van der Waals surface area contributed by atoms with Crippen LogP contribution in [0.15, 0.2) is 71.3 Å². The number of hydrogen-bond acceptors (Lipinski definition) is 3. The van der Waals surface area contributed by atoms with Gasteiger partial charge < -0.3 is 9.52 Å². The first kappa shape index (κ1) is 14.0. The van der Waals surface area contributed by atoms with E-state index < -0.39 is 5.82 Å². The number of benzene rings is 3. The predicted octanol–water partition coefficient (Wildman–Crippen LogP) is 5.65. The van der Waals surface area contributed by atoms with Crippen molar-refractivity contribution in [3.05, 3.63) is 72.7 Å². The molecule has 0 aliphatic carbocycles. The average molecular weight is 329 g/mol. The van der Waals surface area contributed by atoms with Gasteiger partial charge in [0.25, 0.3) is 0 Å². The van der Waals surface area contributed by atoms with Gasteiger partial charge in [0.1, 0.15) is 28.4 Å². The van der Waals surface area contributed by atoms with Crippen molar-refractivity contribution < 1.29 is 13.9 Å². The number of nitrogens with zero attached hydrogens (tertiary/aromatic N) is 1. The highest BCUT2D eigenvalue weighted by molar-refractivity contribution is 6.22. The highest BCUT2D eigenvalue weighted by Gasteiger charge is 2.20. The molecular weight excluding hydrogens is 317 g/mol. The molecule has 5 rings (SSSR count). The van der Waals surface area contributed by atoms with Gasteiger partial charge in [-0.15, -0.1) is 0 Å². The standard InChI is InChI=1S/C21H12FNO2/c22-15-7-4-10-23-20(15)14-11-12-5-1-2-6-13(12)21-18(14)19-16(24)8-3-9-17(19)25-21/h1-11,24H. The third-order valence-corrected chi connectivity index (χ3v) is 4.48. The number of halogens is 1. The van der Waals surface area contributed by atoms with Crippen molar-refractivity contribution in [2.45, 2.75) is 0 Å². The first-order chi connectivity index (χ1) is 12.2. The lowest BCUT2D eigenvalue weighted by Gasteiger charge is -2.07. The second-order valence-electron chi connectivity index (χ2n) is 5.94. The zero-order valence-corrected chi connectivity index (χ0v) is 13.0. The summed E-state index contributed by atoms with van der Waals surface area (Å²) in [5, 5.41) is 13.5. The second-order valence-corrected chi connectivity index (χ2v) is 5.94. The van der Waals surface area contributed by atoms with E-state index in [4.69, 9.17) is 4.42 Å². The summed E-state index contributed by atoms with van der Waals surface area (Å²) in [6.07, 6.45) is 1.56. The largest absolute Gasteiger partial charge is 0.507 e. The Hall–Kier alpha value is -3.40. The number of pyridine rings is 1. The number of aromatic hydroxyl groups is 1. The normalized spacial score (nSPS) is 11.6. The summed E-state index contributed by atoms with van der Waals surface area (Å²) in [5.41, 5.74) is 2.02. The molecule has 120 valence electrons. The Bertz CT molecular complexity index is 1270. The van der Waals surface area contributed by atoms with E-state index >= 15 is 0 Å². The minimum absolute atomic E-state index is 0.101. The summed E-state index contributed by atoms with van der Waals surface area (Å²) < 4.78 is 20.5. The fraction of sp³-hybridized carbons (Fsp3) is 0. The Labute approximate surface area is 142 Å². The molecule has 5 aromatic rings. The first-order valence-electron chi connectivity index (χ1n) is 7.91. The number of aromatic nitrogens is 1. The quantitative estimate of drug-likeness (QED) is 0.432. The van der Waals surface area contributed by atoms with Gasteiger partial charge in [-0.25, -0.2) is 4.39 Å². The molecule has 2 aromatic heterocycles. The smallest absolute Gasteiger partial charge is 0.149 e. The van der Waals surface area contributed by atoms with Crippen LogP contribution < -0.4 is 0 Å². The summed E-state index contributed by atoms with van der Waals surface area (Å²) in [7, 11) is 0. The van der Waals surface area contributed by atoms with Gasteiger partial charge in [-0.05, 0) is 35.7 Å². The van der Waals surface area contributed by atoms with Gasteiger partial charge in [-0.3, -0.25) is 4.98 Å². The van der Waals surface area contributed by atoms with Crippen molar-refractivity contribution in [3.8, 4) is 17.0 Å². The van der Waals surface area contributed by atoms with Crippen molar-refractivity contribution in [1.82, 2.24) is 4.98 Å². The molecule has 3 nitrogen and oxygen atoms in total. The molecule has 0 unspecified atom stereocenters. The number of phenols is 1. The SMILES string of the molecule is Oc1cccc2oc3c4ccccc4cc(-c4ncccc4F)c3c12. The zero-order valence-electron chi connectivity index (χ0n) is 13.0. The third kappa shape index (κ3) is 1.94. The van der Waals surface area contributed by atoms with Gasteiger partial charge in [0.2, 0.25) is 0 Å². The number of furan rings is 1. The van der Waals surface area contributed by atoms with Gasteiger partial charge >= 0.3 is 0 Å². The van der Waals surface area contributed by atoms with Crippen molar-refractivity contribution in [2.24, 2.45) is 0 Å². The molecule has 1 N–H and O–H groups in total. The van der Waals surface area contributed by atoms with Crippen LogP contribution in [0.1, 0.15) is 0 Å². The molecule has 0 saturated carbocycles. The van der Waals surface area contributed by atoms with E-state index in [1.54, 1.807) is 30.5 Å². The van der Waals surface area contributed by atoms with E-state index in [-0.39, 0.29) is 11.4 Å². The lowest BCUT2D eigenvalue weighted by molar-refractivity contribution is 0.481. The molecular formula is C21H12FNO2. The van der Waals surface area contributed by atoms with Crippen LogP contribution in [-0.4, -0.2) is 10.1 Å². The average Bonchev–Trinajstić information content (AvgIpc) is 3.03. The van der Waals surface area contributed by atoms with E-state index in [0.717, 1.165) is 10.8 Å². The van der Waals surface area contributed by atoms with Crippen LogP contribution in [0.3, 0.4) is 0 Å². The van der Waals surface area contributed by atoms with Gasteiger partial charge in [-0.1, -0.05) is 30.3 Å². The number of fused-ring (bicyclic) bond motifs is 5. The molecule has 0 aliphatic heterocycles. The maximum absolute atomic E-state index is 14.5. The van der Waals surface area contributed by atoms with Crippen LogP contribution in [0.25, 0.3) is 44.0 Å². The third-order valence-electron chi connectivity index (χ3n) is 4.48. The van der Waals surface area contributed by atoms with Crippen molar-refractivity contribution in [2.75, 3.05) is 0 Å². The number of phenolic OH excluding ortho intramolecular Hbond substituents is 1. The van der Waals surface area contributed by atoms with E-state index in [9.17, 15) is 9.50 Å². The van der Waals surface area contributed by atoms with E-state index in [1.165, 1.54) is 6.07 Å². The molecule has 0 fully saturated rings. The highest BCUT2D eigenvalue weighted by Crippen LogP contribution is 2.43. The fourth-order valence-corrected chi connectivity index (χ4v) is 3.40. The highest BCUT2D eigenvalue weighted by atomic mass is 19.1. The molecule has 0 bridgehead atoms. The fourth-order valence-electron chi connectivity index (χ4n) is 3.40. The molecule has 4 heteroatoms. The molecule has 0 radical (unpaired) electrons. The Morgan fingerprint density at radius 3 is 2.68 bits per heavy atom. The Kier molecular flexibility index (Phi) is 2.82. The van der Waals surface area contributed by atoms with Crippen LogP contribution in [0.2, 0.25) is 0 Å². The van der Waals surface area contributed by atoms with Crippen LogP contribution in [-0.2, 0) is 0 Å². The lowest BCUT2D eigenvalue weighted by Crippen LogP contribution is -1.90. The molecule has 3 aromatic carbocycles. The molecule has 25 heavy (non-hydrogen) atoms. The summed E-state index contributed by atoms with van der Waals surface area (Å²) in [6.45, 7) is 0. The number of rotatable bonds is 1. The summed E-state index contributed by atoms with van der Waals surface area (Å²) in [6, 6.07) is 17.7. The second kappa shape index (κ2) is 5.05.